The molecule has 2 aromatic rings. The predicted molar refractivity (Wildman–Crippen MR) is 117 cm³/mol. The number of anilines is 2. The Morgan fingerprint density at radius 2 is 1.84 bits per heavy atom. The second-order valence-electron chi connectivity index (χ2n) is 7.58. The van der Waals surface area contributed by atoms with Gasteiger partial charge in [-0.05, 0) is 29.8 Å². The van der Waals surface area contributed by atoms with Crippen LogP contribution in [-0.2, 0) is 20.9 Å². The molecule has 0 unspecified atom stereocenters. The number of benzene rings is 2. The van der Waals surface area contributed by atoms with Crippen molar-refractivity contribution in [3.8, 4) is 5.75 Å². The highest BCUT2D eigenvalue weighted by atomic mass is 16.5. The van der Waals surface area contributed by atoms with Crippen LogP contribution in [0.1, 0.15) is 18.4 Å². The van der Waals surface area contributed by atoms with Gasteiger partial charge in [0.15, 0.2) is 0 Å². The molecule has 1 fully saturated rings. The SMILES string of the molecule is O=C(CCC(=O)N1CCOc2ccccc21)NCc1ccc(N2CCNC(=O)C2)cc1. The van der Waals surface area contributed by atoms with E-state index in [9.17, 15) is 14.4 Å². The van der Waals surface area contributed by atoms with Gasteiger partial charge in [0.2, 0.25) is 17.7 Å². The summed E-state index contributed by atoms with van der Waals surface area (Å²) in [7, 11) is 0. The number of nitrogens with zero attached hydrogens (tertiary/aromatic N) is 2. The van der Waals surface area contributed by atoms with Crippen molar-refractivity contribution in [2.45, 2.75) is 19.4 Å². The molecule has 2 N–H and O–H groups in total. The van der Waals surface area contributed by atoms with Gasteiger partial charge < -0.3 is 25.2 Å². The minimum absolute atomic E-state index is 0.0257. The number of ether oxygens (including phenoxy) is 1. The molecule has 1 saturated heterocycles. The molecular weight excluding hydrogens is 396 g/mol. The lowest BCUT2D eigenvalue weighted by molar-refractivity contribution is -0.125. The first-order chi connectivity index (χ1) is 15.1. The first kappa shape index (κ1) is 20.7. The highest BCUT2D eigenvalue weighted by molar-refractivity contribution is 5.97. The molecule has 0 aromatic heterocycles. The molecule has 2 aliphatic rings. The second kappa shape index (κ2) is 9.51. The Morgan fingerprint density at radius 3 is 2.65 bits per heavy atom. The Hall–Kier alpha value is -3.55. The van der Waals surface area contributed by atoms with Crippen LogP contribution >= 0.6 is 0 Å². The van der Waals surface area contributed by atoms with Gasteiger partial charge in [-0.15, -0.1) is 0 Å². The number of para-hydroxylation sites is 2. The maximum atomic E-state index is 12.6. The number of carbonyl (C=O) groups is 3. The zero-order valence-electron chi connectivity index (χ0n) is 17.3. The summed E-state index contributed by atoms with van der Waals surface area (Å²) >= 11 is 0. The van der Waals surface area contributed by atoms with E-state index < -0.39 is 0 Å². The van der Waals surface area contributed by atoms with E-state index in [1.807, 2.05) is 53.4 Å². The zero-order chi connectivity index (χ0) is 21.6. The molecule has 31 heavy (non-hydrogen) atoms. The molecule has 0 spiro atoms. The molecule has 0 radical (unpaired) electrons. The molecule has 2 aliphatic heterocycles. The minimum atomic E-state index is -0.160. The van der Waals surface area contributed by atoms with Gasteiger partial charge in [-0.1, -0.05) is 24.3 Å². The number of fused-ring (bicyclic) bond motifs is 1. The summed E-state index contributed by atoms with van der Waals surface area (Å²) in [5, 5.41) is 5.68. The van der Waals surface area contributed by atoms with Crippen LogP contribution in [0.4, 0.5) is 11.4 Å². The molecular formula is C23H26N4O4. The molecule has 0 bridgehead atoms. The van der Waals surface area contributed by atoms with Gasteiger partial charge >= 0.3 is 0 Å². The van der Waals surface area contributed by atoms with Crippen LogP contribution in [0.2, 0.25) is 0 Å². The molecule has 0 aliphatic carbocycles. The van der Waals surface area contributed by atoms with E-state index in [4.69, 9.17) is 4.74 Å². The summed E-state index contributed by atoms with van der Waals surface area (Å²) in [5.41, 5.74) is 2.71. The third kappa shape index (κ3) is 5.14. The molecule has 2 aromatic carbocycles. The van der Waals surface area contributed by atoms with E-state index in [0.717, 1.165) is 23.5 Å². The number of hydrogen-bond donors (Lipinski definition) is 2. The smallest absolute Gasteiger partial charge is 0.239 e. The van der Waals surface area contributed by atoms with Gasteiger partial charge in [-0.3, -0.25) is 14.4 Å². The average molecular weight is 422 g/mol. The lowest BCUT2D eigenvalue weighted by Crippen LogP contribution is -2.47. The summed E-state index contributed by atoms with van der Waals surface area (Å²) < 4.78 is 5.57. The van der Waals surface area contributed by atoms with Gasteiger partial charge in [0, 0.05) is 38.2 Å². The first-order valence-corrected chi connectivity index (χ1v) is 10.5. The number of piperazine rings is 1. The maximum absolute atomic E-state index is 12.6. The van der Waals surface area contributed by atoms with Crippen LogP contribution in [0, 0.1) is 0 Å². The third-order valence-corrected chi connectivity index (χ3v) is 5.43. The zero-order valence-corrected chi connectivity index (χ0v) is 17.3. The molecule has 0 saturated carbocycles. The Labute approximate surface area is 181 Å². The fraction of sp³-hybridized carbons (Fsp3) is 0.348. The lowest BCUT2D eigenvalue weighted by atomic mass is 10.1. The van der Waals surface area contributed by atoms with E-state index in [1.54, 1.807) is 4.90 Å². The van der Waals surface area contributed by atoms with E-state index in [2.05, 4.69) is 10.6 Å². The number of hydrogen-bond acceptors (Lipinski definition) is 5. The highest BCUT2D eigenvalue weighted by Gasteiger charge is 2.23. The van der Waals surface area contributed by atoms with E-state index in [-0.39, 0.29) is 30.6 Å². The average Bonchev–Trinajstić information content (AvgIpc) is 2.81. The summed E-state index contributed by atoms with van der Waals surface area (Å²) in [4.78, 5) is 40.1. The van der Waals surface area contributed by atoms with Crippen LogP contribution in [0.15, 0.2) is 48.5 Å². The molecule has 8 heteroatoms. The quantitative estimate of drug-likeness (QED) is 0.735. The lowest BCUT2D eigenvalue weighted by Gasteiger charge is -2.29. The van der Waals surface area contributed by atoms with Crippen LogP contribution in [0.25, 0.3) is 0 Å². The van der Waals surface area contributed by atoms with Crippen molar-refractivity contribution in [1.82, 2.24) is 10.6 Å². The van der Waals surface area contributed by atoms with Gasteiger partial charge in [-0.2, -0.15) is 0 Å². The summed E-state index contributed by atoms with van der Waals surface area (Å²) in [5.74, 6) is 0.477. The number of amides is 3. The highest BCUT2D eigenvalue weighted by Crippen LogP contribution is 2.31. The Morgan fingerprint density at radius 1 is 1.03 bits per heavy atom. The summed E-state index contributed by atoms with van der Waals surface area (Å²) in [6.07, 6.45) is 0.287. The van der Waals surface area contributed by atoms with Crippen molar-refractivity contribution < 1.29 is 19.1 Å². The van der Waals surface area contributed by atoms with Crippen LogP contribution < -0.4 is 25.2 Å². The van der Waals surface area contributed by atoms with E-state index in [1.165, 1.54) is 0 Å². The van der Waals surface area contributed by atoms with Crippen molar-refractivity contribution in [2.75, 3.05) is 42.6 Å². The number of nitrogens with one attached hydrogen (secondary N) is 2. The van der Waals surface area contributed by atoms with Gasteiger partial charge in [0.25, 0.3) is 0 Å². The fourth-order valence-corrected chi connectivity index (χ4v) is 3.76. The van der Waals surface area contributed by atoms with Crippen LogP contribution in [0.5, 0.6) is 5.75 Å². The van der Waals surface area contributed by atoms with Crippen molar-refractivity contribution in [1.29, 1.82) is 0 Å². The topological polar surface area (TPSA) is 91.0 Å². The molecule has 4 rings (SSSR count). The van der Waals surface area contributed by atoms with Crippen molar-refractivity contribution >= 4 is 29.1 Å². The number of carbonyl (C=O) groups excluding carboxylic acids is 3. The Balaban J connectivity index is 1.23. The molecule has 0 atom stereocenters. The standard InChI is InChI=1S/C23H26N4O4/c28-21(9-10-23(30)27-13-14-31-20-4-2-1-3-19(20)27)25-15-17-5-7-18(8-6-17)26-12-11-24-22(29)16-26/h1-8H,9-16H2,(H,24,29)(H,25,28). The molecule has 8 nitrogen and oxygen atoms in total. The van der Waals surface area contributed by atoms with E-state index >= 15 is 0 Å². The first-order valence-electron chi connectivity index (χ1n) is 10.5. The molecule has 2 heterocycles. The predicted octanol–water partition coefficient (Wildman–Crippen LogP) is 1.44. The van der Waals surface area contributed by atoms with Gasteiger partial charge in [0.1, 0.15) is 12.4 Å². The minimum Gasteiger partial charge on any atom is -0.490 e. The molecule has 3 amide bonds. The van der Waals surface area contributed by atoms with Crippen LogP contribution in [0.3, 0.4) is 0 Å². The maximum Gasteiger partial charge on any atom is 0.239 e. The normalized spacial score (nSPS) is 15.5. The van der Waals surface area contributed by atoms with Crippen molar-refractivity contribution in [3.63, 3.8) is 0 Å². The summed E-state index contributed by atoms with van der Waals surface area (Å²) in [6, 6.07) is 15.2. The Kier molecular flexibility index (Phi) is 6.35. The largest absolute Gasteiger partial charge is 0.490 e. The third-order valence-electron chi connectivity index (χ3n) is 5.43. The second-order valence-corrected chi connectivity index (χ2v) is 7.58. The number of rotatable bonds is 6. The van der Waals surface area contributed by atoms with Crippen molar-refractivity contribution in [3.05, 3.63) is 54.1 Å². The summed E-state index contributed by atoms with van der Waals surface area (Å²) in [6.45, 7) is 3.12. The monoisotopic (exact) mass is 422 g/mol. The van der Waals surface area contributed by atoms with Gasteiger partial charge in [-0.25, -0.2) is 0 Å². The Bertz CT molecular complexity index is 960. The van der Waals surface area contributed by atoms with Gasteiger partial charge in [0.05, 0.1) is 18.8 Å². The fourth-order valence-electron chi connectivity index (χ4n) is 3.76. The van der Waals surface area contributed by atoms with Crippen molar-refractivity contribution in [2.24, 2.45) is 0 Å². The molecule has 162 valence electrons. The van der Waals surface area contributed by atoms with E-state index in [0.29, 0.717) is 38.5 Å². The van der Waals surface area contributed by atoms with Crippen LogP contribution in [-0.4, -0.2) is 50.5 Å².